The smallest absolute Gasteiger partial charge is 0.293 e. The molecule has 5 heterocycles. The first kappa shape index (κ1) is 47.8. The minimum atomic E-state index is -0.663. The van der Waals surface area contributed by atoms with Crippen LogP contribution < -0.4 is 35.9 Å². The van der Waals surface area contributed by atoms with E-state index in [1.165, 1.54) is 16.5 Å². The average Bonchev–Trinajstić information content (AvgIpc) is 3.67. The van der Waals surface area contributed by atoms with Gasteiger partial charge >= 0.3 is 0 Å². The van der Waals surface area contributed by atoms with Crippen LogP contribution in [-0.4, -0.2) is 122 Å². The van der Waals surface area contributed by atoms with Crippen molar-refractivity contribution in [1.82, 2.24) is 30.1 Å². The lowest BCUT2D eigenvalue weighted by Crippen LogP contribution is -2.52. The summed E-state index contributed by atoms with van der Waals surface area (Å²) in [7, 11) is 3.15. The van der Waals surface area contributed by atoms with E-state index in [1.54, 1.807) is 31.4 Å². The van der Waals surface area contributed by atoms with Crippen LogP contribution in [0, 0.1) is 0 Å². The summed E-state index contributed by atoms with van der Waals surface area (Å²) >= 11 is 6.51. The molecule has 358 valence electrons. The Balaban J connectivity index is 0.674. The second-order valence-corrected chi connectivity index (χ2v) is 16.8. The highest BCUT2D eigenvalue weighted by Gasteiger charge is 2.39. The van der Waals surface area contributed by atoms with E-state index in [1.807, 2.05) is 48.5 Å². The summed E-state index contributed by atoms with van der Waals surface area (Å²) in [5.74, 6) is 0.952. The Morgan fingerprint density at radius 2 is 1.60 bits per heavy atom. The normalized spacial score (nSPS) is 16.2. The SMILES string of the molecule is CNC(=O)COc1cc2cc(Nc3nc(N4CCC(OCCOCCOCCOCc5ccc(Oc6ccc7c(c6)CN(C6CCC(=O)NC6=O)C7=O)cc5)CC4)ncc3Cl)ccc2n(C)c1=O. The van der Waals surface area contributed by atoms with Crippen LogP contribution in [0.25, 0.3) is 10.9 Å². The van der Waals surface area contributed by atoms with Gasteiger partial charge in [0.2, 0.25) is 17.8 Å². The van der Waals surface area contributed by atoms with Crippen molar-refractivity contribution in [3.8, 4) is 17.2 Å². The van der Waals surface area contributed by atoms with Crippen LogP contribution in [0.5, 0.6) is 17.2 Å². The van der Waals surface area contributed by atoms with Crippen molar-refractivity contribution in [2.45, 2.75) is 51.0 Å². The average molecular weight is 953 g/mol. The molecule has 0 spiro atoms. The van der Waals surface area contributed by atoms with Gasteiger partial charge in [-0.25, -0.2) is 4.98 Å². The maximum atomic E-state index is 13.0. The second kappa shape index (κ2) is 22.4. The first-order valence-electron chi connectivity index (χ1n) is 22.4. The zero-order valence-electron chi connectivity index (χ0n) is 37.8. The summed E-state index contributed by atoms with van der Waals surface area (Å²) in [4.78, 5) is 74.2. The number of anilines is 3. The molecule has 68 heavy (non-hydrogen) atoms. The monoisotopic (exact) mass is 952 g/mol. The molecule has 3 N–H and O–H groups in total. The van der Waals surface area contributed by atoms with E-state index in [4.69, 9.17) is 45.0 Å². The van der Waals surface area contributed by atoms with Crippen LogP contribution in [-0.2, 0) is 53.5 Å². The molecule has 2 saturated heterocycles. The van der Waals surface area contributed by atoms with Crippen LogP contribution >= 0.6 is 11.6 Å². The standard InChI is InChI=1S/C48H53ClN8O11/c1-50-43(59)29-67-41-25-31-23-33(5-10-39(31)55(2)47(41)62)52-44-38(49)26-51-48(54-44)56-15-13-34(14-16-56)66-22-21-64-18-17-63-19-20-65-28-30-3-6-35(7-4-30)68-36-8-9-37-32(24-36)27-57(46(37)61)40-11-12-42(58)53-45(40)60/h3-10,23-26,34,40H,11-22,27-29H2,1-2H3,(H,50,59)(H,51,52,54)(H,53,58,60). The Hall–Kier alpha value is -6.64. The zero-order valence-corrected chi connectivity index (χ0v) is 38.6. The molecule has 0 aliphatic carbocycles. The fraction of sp³-hybridized carbons (Fsp3) is 0.396. The molecule has 3 aromatic carbocycles. The molecule has 3 aliphatic rings. The number of benzene rings is 3. The van der Waals surface area contributed by atoms with Gasteiger partial charge in [0.1, 0.15) is 22.6 Å². The van der Waals surface area contributed by atoms with Gasteiger partial charge in [-0.2, -0.15) is 4.98 Å². The molecule has 19 nitrogen and oxygen atoms in total. The first-order chi connectivity index (χ1) is 33.0. The molecule has 4 amide bonds. The minimum absolute atomic E-state index is 0.0684. The van der Waals surface area contributed by atoms with Crippen LogP contribution in [0.2, 0.25) is 5.02 Å². The molecule has 0 bridgehead atoms. The third-order valence-electron chi connectivity index (χ3n) is 11.8. The fourth-order valence-corrected chi connectivity index (χ4v) is 8.25. The van der Waals surface area contributed by atoms with Gasteiger partial charge in [-0.1, -0.05) is 23.7 Å². The van der Waals surface area contributed by atoms with Crippen molar-refractivity contribution in [1.29, 1.82) is 0 Å². The fourth-order valence-electron chi connectivity index (χ4n) is 8.11. The molecule has 8 rings (SSSR count). The number of halogens is 1. The largest absolute Gasteiger partial charge is 0.478 e. The number of carbonyl (C=O) groups is 4. The third kappa shape index (κ3) is 11.9. The molecule has 5 aromatic rings. The molecule has 3 aliphatic heterocycles. The molecule has 2 aromatic heterocycles. The zero-order chi connectivity index (χ0) is 47.6. The van der Waals surface area contributed by atoms with Gasteiger partial charge in [0.25, 0.3) is 17.4 Å². The Kier molecular flexibility index (Phi) is 15.8. The molecular formula is C48H53ClN8O11. The van der Waals surface area contributed by atoms with Crippen LogP contribution in [0.1, 0.15) is 47.2 Å². The van der Waals surface area contributed by atoms with Gasteiger partial charge in [-0.15, -0.1) is 0 Å². The van der Waals surface area contributed by atoms with E-state index in [9.17, 15) is 24.0 Å². The highest BCUT2D eigenvalue weighted by molar-refractivity contribution is 6.33. The number of rotatable bonds is 21. The number of nitrogens with one attached hydrogen (secondary N) is 3. The van der Waals surface area contributed by atoms with Crippen molar-refractivity contribution in [2.24, 2.45) is 7.05 Å². The van der Waals surface area contributed by atoms with Crippen molar-refractivity contribution in [2.75, 3.05) is 76.6 Å². The number of aromatic nitrogens is 3. The Morgan fingerprint density at radius 3 is 2.35 bits per heavy atom. The molecule has 1 atom stereocenters. The maximum Gasteiger partial charge on any atom is 0.293 e. The minimum Gasteiger partial charge on any atom is -0.478 e. The third-order valence-corrected chi connectivity index (χ3v) is 12.1. The topological polar surface area (TPSA) is 214 Å². The second-order valence-electron chi connectivity index (χ2n) is 16.4. The van der Waals surface area contributed by atoms with Crippen molar-refractivity contribution in [3.63, 3.8) is 0 Å². The Morgan fingerprint density at radius 1 is 0.868 bits per heavy atom. The number of piperidine rings is 2. The predicted octanol–water partition coefficient (Wildman–Crippen LogP) is 4.64. The van der Waals surface area contributed by atoms with Crippen molar-refractivity contribution in [3.05, 3.63) is 105 Å². The maximum absolute atomic E-state index is 13.0. The molecule has 1 unspecified atom stereocenters. The van der Waals surface area contributed by atoms with Crippen LogP contribution in [0.15, 0.2) is 77.7 Å². The molecular weight excluding hydrogens is 900 g/mol. The lowest BCUT2D eigenvalue weighted by Gasteiger charge is -2.32. The van der Waals surface area contributed by atoms with E-state index in [2.05, 4.69) is 25.8 Å². The highest BCUT2D eigenvalue weighted by atomic mass is 35.5. The van der Waals surface area contributed by atoms with Gasteiger partial charge in [0, 0.05) is 56.8 Å². The highest BCUT2D eigenvalue weighted by Crippen LogP contribution is 2.33. The number of amides is 4. The van der Waals surface area contributed by atoms with Crippen LogP contribution in [0.4, 0.5) is 17.5 Å². The van der Waals surface area contributed by atoms with Crippen LogP contribution in [0.3, 0.4) is 0 Å². The lowest BCUT2D eigenvalue weighted by molar-refractivity contribution is -0.137. The summed E-state index contributed by atoms with van der Waals surface area (Å²) in [5, 5.41) is 9.15. The molecule has 0 saturated carbocycles. The van der Waals surface area contributed by atoms with Crippen molar-refractivity contribution >= 4 is 63.6 Å². The number of imide groups is 1. The molecule has 2 fully saturated rings. The summed E-state index contributed by atoms with van der Waals surface area (Å²) in [5.41, 5.74) is 3.32. The quantitative estimate of drug-likeness (QED) is 0.0675. The molecule has 0 radical (unpaired) electrons. The summed E-state index contributed by atoms with van der Waals surface area (Å²) in [6, 6.07) is 19.3. The Labute approximate surface area is 396 Å². The Bertz CT molecular complexity index is 2690. The number of hydrogen-bond donors (Lipinski definition) is 3. The lowest BCUT2D eigenvalue weighted by atomic mass is 10.0. The predicted molar refractivity (Wildman–Crippen MR) is 251 cm³/mol. The summed E-state index contributed by atoms with van der Waals surface area (Å²) in [6.07, 6.45) is 3.80. The van der Waals surface area contributed by atoms with E-state index >= 15 is 0 Å². The summed E-state index contributed by atoms with van der Waals surface area (Å²) in [6.45, 7) is 4.53. The van der Waals surface area contributed by atoms with Gasteiger partial charge in [-0.3, -0.25) is 29.3 Å². The number of fused-ring (bicyclic) bond motifs is 2. The van der Waals surface area contributed by atoms with Gasteiger partial charge < -0.3 is 53.4 Å². The molecule has 20 heteroatoms. The first-order valence-corrected chi connectivity index (χ1v) is 22.8. The number of ether oxygens (including phenoxy) is 6. The van der Waals surface area contributed by atoms with Gasteiger partial charge in [-0.05, 0) is 85.0 Å². The van der Waals surface area contributed by atoms with Crippen molar-refractivity contribution < 1.29 is 47.6 Å². The summed E-state index contributed by atoms with van der Waals surface area (Å²) < 4.78 is 36.3. The van der Waals surface area contributed by atoms with E-state index < -0.39 is 11.9 Å². The number of carbonyl (C=O) groups excluding carboxylic acids is 4. The number of pyridine rings is 1. The van der Waals surface area contributed by atoms with E-state index in [-0.39, 0.29) is 54.7 Å². The van der Waals surface area contributed by atoms with Gasteiger partial charge in [0.05, 0.1) is 64.1 Å². The number of likely N-dealkylation sites (N-methyl/N-ethyl adjacent to an activating group) is 1. The van der Waals surface area contributed by atoms with E-state index in [0.717, 1.165) is 29.4 Å². The number of nitrogens with zero attached hydrogens (tertiary/aromatic N) is 5. The van der Waals surface area contributed by atoms with Gasteiger partial charge in [0.15, 0.2) is 18.2 Å². The van der Waals surface area contributed by atoms with E-state index in [0.29, 0.717) is 111 Å². The number of aryl methyl sites for hydroxylation is 1. The number of hydrogen-bond acceptors (Lipinski definition) is 15.